The van der Waals surface area contributed by atoms with Gasteiger partial charge in [-0.2, -0.15) is 0 Å². The largest absolute Gasteiger partial charge is 0.370 e. The molecule has 32 heavy (non-hydrogen) atoms. The van der Waals surface area contributed by atoms with Crippen LogP contribution in [-0.2, 0) is 9.59 Å². The lowest BCUT2D eigenvalue weighted by Crippen LogP contribution is -2.36. The van der Waals surface area contributed by atoms with Crippen LogP contribution in [0.15, 0.2) is 10.4 Å². The lowest BCUT2D eigenvalue weighted by Gasteiger charge is -2.24. The van der Waals surface area contributed by atoms with Gasteiger partial charge in [-0.1, -0.05) is 20.3 Å². The van der Waals surface area contributed by atoms with E-state index in [9.17, 15) is 14.4 Å². The molecule has 2 heterocycles. The molecule has 1 aromatic rings. The van der Waals surface area contributed by atoms with Gasteiger partial charge in [0.1, 0.15) is 10.7 Å². The van der Waals surface area contributed by atoms with E-state index in [-0.39, 0.29) is 48.0 Å². The molecule has 1 aliphatic rings. The number of nitrogens with zero attached hydrogens (tertiary/aromatic N) is 3. The highest BCUT2D eigenvalue weighted by molar-refractivity contribution is 7.09. The molecule has 2 rings (SSSR count). The molecule has 0 radical (unpaired) electrons. The van der Waals surface area contributed by atoms with Gasteiger partial charge < -0.3 is 27.4 Å². The SMILES string of the molecule is CNC(=O)[C@H](CCCCN=C(N)N)CC(=O)c1csc([C@@H]2C[C@@H](N)CN2C(=O)C(C)C)n1. The summed E-state index contributed by atoms with van der Waals surface area (Å²) in [6.45, 7) is 4.69. The van der Waals surface area contributed by atoms with Crippen LogP contribution in [0, 0.1) is 11.8 Å². The fourth-order valence-electron chi connectivity index (χ4n) is 3.82. The van der Waals surface area contributed by atoms with Crippen LogP contribution in [-0.4, -0.2) is 59.6 Å². The fourth-order valence-corrected chi connectivity index (χ4v) is 4.76. The van der Waals surface area contributed by atoms with Crippen LogP contribution >= 0.6 is 11.3 Å². The minimum atomic E-state index is -0.448. The summed E-state index contributed by atoms with van der Waals surface area (Å²) < 4.78 is 0. The first-order chi connectivity index (χ1) is 15.1. The number of Topliss-reactive ketones (excluding diaryl/α,β-unsaturated/α-hetero) is 1. The highest BCUT2D eigenvalue weighted by atomic mass is 32.1. The number of aliphatic imine (C=N–C) groups is 1. The van der Waals surface area contributed by atoms with Crippen molar-refractivity contribution in [2.24, 2.45) is 34.0 Å². The molecule has 11 heteroatoms. The van der Waals surface area contributed by atoms with Gasteiger partial charge in [0, 0.05) is 49.8 Å². The van der Waals surface area contributed by atoms with E-state index in [0.29, 0.717) is 36.6 Å². The Balaban J connectivity index is 2.03. The molecule has 0 aliphatic carbocycles. The second-order valence-electron chi connectivity index (χ2n) is 8.47. The number of nitrogens with one attached hydrogen (secondary N) is 1. The fraction of sp³-hybridized carbons (Fsp3) is 0.667. The lowest BCUT2D eigenvalue weighted by molar-refractivity contribution is -0.135. The second kappa shape index (κ2) is 11.9. The molecule has 7 N–H and O–H groups in total. The Morgan fingerprint density at radius 2 is 2.03 bits per heavy atom. The van der Waals surface area contributed by atoms with Crippen molar-refractivity contribution in [3.05, 3.63) is 16.1 Å². The molecule has 0 unspecified atom stereocenters. The first-order valence-corrected chi connectivity index (χ1v) is 11.8. The van der Waals surface area contributed by atoms with Gasteiger partial charge in [0.15, 0.2) is 11.7 Å². The number of carbonyl (C=O) groups is 3. The average Bonchev–Trinajstić information content (AvgIpc) is 3.37. The summed E-state index contributed by atoms with van der Waals surface area (Å²) in [5.41, 5.74) is 17.1. The summed E-state index contributed by atoms with van der Waals surface area (Å²) in [6, 6.07) is -0.320. The quantitative estimate of drug-likeness (QED) is 0.162. The van der Waals surface area contributed by atoms with Crippen molar-refractivity contribution in [2.75, 3.05) is 20.1 Å². The van der Waals surface area contributed by atoms with E-state index < -0.39 is 5.92 Å². The van der Waals surface area contributed by atoms with E-state index in [2.05, 4.69) is 15.3 Å². The van der Waals surface area contributed by atoms with Crippen LogP contribution < -0.4 is 22.5 Å². The molecule has 0 bridgehead atoms. The van der Waals surface area contributed by atoms with Gasteiger partial charge in [-0.3, -0.25) is 19.4 Å². The Morgan fingerprint density at radius 1 is 1.31 bits per heavy atom. The molecule has 178 valence electrons. The van der Waals surface area contributed by atoms with Crippen LogP contribution in [0.2, 0.25) is 0 Å². The van der Waals surface area contributed by atoms with Gasteiger partial charge in [0.25, 0.3) is 0 Å². The number of hydrogen-bond acceptors (Lipinski definition) is 7. The van der Waals surface area contributed by atoms with Crippen LogP contribution in [0.1, 0.15) is 67.5 Å². The number of nitrogens with two attached hydrogens (primary N) is 3. The molecule has 1 saturated heterocycles. The number of rotatable bonds is 11. The summed E-state index contributed by atoms with van der Waals surface area (Å²) >= 11 is 1.36. The predicted octanol–water partition coefficient (Wildman–Crippen LogP) is 0.779. The molecule has 0 aromatic carbocycles. The summed E-state index contributed by atoms with van der Waals surface area (Å²) in [5.74, 6) is -0.869. The maximum Gasteiger partial charge on any atom is 0.225 e. The number of hydrogen-bond donors (Lipinski definition) is 4. The standard InChI is InChI=1S/C21H35N7O3S/c1-12(2)20(31)28-10-14(22)9-16(28)19-27-15(11-32-19)17(29)8-13(18(30)25-3)6-4-5-7-26-21(23)24/h11-14,16H,4-10,22H2,1-3H3,(H,25,30)(H4,23,24,26)/t13-,14-,16+/m1/s1. The highest BCUT2D eigenvalue weighted by Gasteiger charge is 2.37. The molecule has 1 aliphatic heterocycles. The van der Waals surface area contributed by atoms with Gasteiger partial charge in [-0.25, -0.2) is 4.98 Å². The molecule has 2 amide bonds. The van der Waals surface area contributed by atoms with Crippen molar-refractivity contribution >= 4 is 34.9 Å². The Kier molecular flexibility index (Phi) is 9.58. The summed E-state index contributed by atoms with van der Waals surface area (Å²) in [4.78, 5) is 47.9. The third-order valence-corrected chi connectivity index (χ3v) is 6.45. The van der Waals surface area contributed by atoms with Gasteiger partial charge in [-0.05, 0) is 19.3 Å². The second-order valence-corrected chi connectivity index (χ2v) is 9.36. The van der Waals surface area contributed by atoms with Crippen LogP contribution in [0.25, 0.3) is 0 Å². The van der Waals surface area contributed by atoms with Gasteiger partial charge >= 0.3 is 0 Å². The zero-order valence-electron chi connectivity index (χ0n) is 19.0. The summed E-state index contributed by atoms with van der Waals surface area (Å²) in [7, 11) is 1.56. The molecule has 0 saturated carbocycles. The van der Waals surface area contributed by atoms with E-state index in [0.717, 1.165) is 12.8 Å². The first kappa shape index (κ1) is 25.7. The Hall–Kier alpha value is -2.53. The summed E-state index contributed by atoms with van der Waals surface area (Å²) in [6.07, 6.45) is 2.69. The lowest BCUT2D eigenvalue weighted by atomic mass is 9.94. The van der Waals surface area contributed by atoms with E-state index in [4.69, 9.17) is 17.2 Å². The first-order valence-electron chi connectivity index (χ1n) is 11.0. The maximum absolute atomic E-state index is 12.9. The zero-order valence-corrected chi connectivity index (χ0v) is 19.9. The van der Waals surface area contributed by atoms with E-state index in [1.165, 1.54) is 11.3 Å². The average molecular weight is 466 g/mol. The third-order valence-electron chi connectivity index (χ3n) is 5.51. The van der Waals surface area contributed by atoms with Crippen molar-refractivity contribution in [1.29, 1.82) is 0 Å². The molecular weight excluding hydrogens is 430 g/mol. The third kappa shape index (κ3) is 6.99. The monoisotopic (exact) mass is 465 g/mol. The highest BCUT2D eigenvalue weighted by Crippen LogP contribution is 2.34. The van der Waals surface area contributed by atoms with Crippen molar-refractivity contribution < 1.29 is 14.4 Å². The molecule has 3 atom stereocenters. The molecular formula is C21H35N7O3S. The molecule has 1 fully saturated rings. The topological polar surface area (TPSA) is 170 Å². The number of carbonyl (C=O) groups excluding carboxylic acids is 3. The van der Waals surface area contributed by atoms with E-state index in [1.807, 2.05) is 13.8 Å². The van der Waals surface area contributed by atoms with Crippen LogP contribution in [0.5, 0.6) is 0 Å². The van der Waals surface area contributed by atoms with Crippen LogP contribution in [0.4, 0.5) is 0 Å². The number of aromatic nitrogens is 1. The van der Waals surface area contributed by atoms with Gasteiger partial charge in [0.05, 0.1) is 6.04 Å². The van der Waals surface area contributed by atoms with Crippen molar-refractivity contribution in [3.63, 3.8) is 0 Å². The number of ketones is 1. The molecule has 1 aromatic heterocycles. The van der Waals surface area contributed by atoms with E-state index >= 15 is 0 Å². The predicted molar refractivity (Wildman–Crippen MR) is 125 cm³/mol. The summed E-state index contributed by atoms with van der Waals surface area (Å²) in [5, 5.41) is 5.05. The number of unbranched alkanes of at least 4 members (excludes halogenated alkanes) is 1. The number of amides is 2. The maximum atomic E-state index is 12.9. The smallest absolute Gasteiger partial charge is 0.225 e. The number of guanidine groups is 1. The Bertz CT molecular complexity index is 835. The Labute approximate surface area is 193 Å². The van der Waals surface area contributed by atoms with E-state index in [1.54, 1.807) is 17.3 Å². The van der Waals surface area contributed by atoms with Gasteiger partial charge in [0.2, 0.25) is 11.8 Å². The minimum absolute atomic E-state index is 0.0337. The zero-order chi connectivity index (χ0) is 23.8. The molecule has 0 spiro atoms. The van der Waals surface area contributed by atoms with Gasteiger partial charge in [-0.15, -0.1) is 11.3 Å². The van der Waals surface area contributed by atoms with Crippen LogP contribution in [0.3, 0.4) is 0 Å². The number of thiazole rings is 1. The van der Waals surface area contributed by atoms with Crippen molar-refractivity contribution in [3.8, 4) is 0 Å². The van der Waals surface area contributed by atoms with Crippen molar-refractivity contribution in [2.45, 2.75) is 58.0 Å². The Morgan fingerprint density at radius 3 is 2.66 bits per heavy atom. The number of likely N-dealkylation sites (tertiary alicyclic amines) is 1. The molecule has 10 nitrogen and oxygen atoms in total. The normalized spacial score (nSPS) is 19.1. The minimum Gasteiger partial charge on any atom is -0.370 e. The van der Waals surface area contributed by atoms with Crippen molar-refractivity contribution in [1.82, 2.24) is 15.2 Å².